The van der Waals surface area contributed by atoms with Gasteiger partial charge in [0, 0.05) is 36.4 Å². The lowest BCUT2D eigenvalue weighted by Crippen LogP contribution is -2.44. The Kier molecular flexibility index (Phi) is 7.62. The van der Waals surface area contributed by atoms with Gasteiger partial charge in [-0.1, -0.05) is 102 Å². The van der Waals surface area contributed by atoms with Crippen molar-refractivity contribution in [1.29, 1.82) is 0 Å². The molecule has 1 aromatic heterocycles. The summed E-state index contributed by atoms with van der Waals surface area (Å²) in [5.74, 6) is 0. The van der Waals surface area contributed by atoms with E-state index in [4.69, 9.17) is 21.3 Å². The molecule has 0 bridgehead atoms. The van der Waals surface area contributed by atoms with E-state index in [1.807, 2.05) is 30.5 Å². The molecule has 2 atom stereocenters. The topological polar surface area (TPSA) is 25.4 Å². The third-order valence-electron chi connectivity index (χ3n) is 6.04. The van der Waals surface area contributed by atoms with E-state index in [0.717, 1.165) is 47.4 Å². The van der Waals surface area contributed by atoms with E-state index in [9.17, 15) is 0 Å². The number of halogens is 1. The second-order valence-corrected chi connectivity index (χ2v) is 10.0. The molecule has 3 nitrogen and oxygen atoms in total. The molecule has 1 fully saturated rings. The molecule has 0 saturated carbocycles. The summed E-state index contributed by atoms with van der Waals surface area (Å²) in [6.07, 6.45) is 1.92. The molecule has 0 aliphatic carbocycles. The van der Waals surface area contributed by atoms with Gasteiger partial charge in [-0.25, -0.2) is 4.98 Å². The molecule has 172 valence electrons. The van der Waals surface area contributed by atoms with Gasteiger partial charge in [-0.2, -0.15) is 0 Å². The van der Waals surface area contributed by atoms with Crippen molar-refractivity contribution in [2.75, 3.05) is 19.7 Å². The predicted octanol–water partition coefficient (Wildman–Crippen LogP) is 7.14. The fraction of sp³-hybridized carbons (Fsp3) is 0.207. The summed E-state index contributed by atoms with van der Waals surface area (Å²) in [6, 6.07) is 33.4. The van der Waals surface area contributed by atoms with Crippen molar-refractivity contribution in [3.05, 3.63) is 119 Å². The maximum Gasteiger partial charge on any atom is 0.104 e. The monoisotopic (exact) mass is 486 g/mol. The van der Waals surface area contributed by atoms with Crippen LogP contribution in [0.15, 0.2) is 108 Å². The fourth-order valence-electron chi connectivity index (χ4n) is 4.38. The minimum absolute atomic E-state index is 0.0547. The number of hydrogen-bond donors (Lipinski definition) is 0. The molecule has 5 rings (SSSR count). The second kappa shape index (κ2) is 11.2. The highest BCUT2D eigenvalue weighted by Crippen LogP contribution is 2.43. The molecule has 34 heavy (non-hydrogen) atoms. The van der Waals surface area contributed by atoms with Gasteiger partial charge in [0.15, 0.2) is 0 Å². The first-order valence-corrected chi connectivity index (χ1v) is 12.8. The third-order valence-corrected chi connectivity index (χ3v) is 7.65. The molecule has 1 aliphatic heterocycles. The minimum atomic E-state index is 0.0547. The maximum absolute atomic E-state index is 6.39. The van der Waals surface area contributed by atoms with Crippen molar-refractivity contribution in [3.8, 4) is 11.1 Å². The first-order valence-electron chi connectivity index (χ1n) is 11.6. The third kappa shape index (κ3) is 5.70. The summed E-state index contributed by atoms with van der Waals surface area (Å²) in [6.45, 7) is 3.48. The maximum atomic E-state index is 6.39. The quantitative estimate of drug-likeness (QED) is 0.259. The van der Waals surface area contributed by atoms with Crippen LogP contribution in [0.25, 0.3) is 11.1 Å². The van der Waals surface area contributed by atoms with Gasteiger partial charge in [0.1, 0.15) is 5.03 Å². The Hall–Kier alpha value is -2.63. The Morgan fingerprint density at radius 2 is 1.74 bits per heavy atom. The SMILES string of the molecule is Clc1cccc(-c2cccnc2S[C@@H](c2ccccc2)C2CN(Cc3ccccc3)CCO2)c1. The van der Waals surface area contributed by atoms with Crippen molar-refractivity contribution in [2.24, 2.45) is 0 Å². The van der Waals surface area contributed by atoms with Crippen LogP contribution in [-0.4, -0.2) is 35.7 Å². The van der Waals surface area contributed by atoms with Crippen LogP contribution in [0.3, 0.4) is 0 Å². The Morgan fingerprint density at radius 3 is 2.53 bits per heavy atom. The highest BCUT2D eigenvalue weighted by atomic mass is 35.5. The molecule has 0 radical (unpaired) electrons. The Morgan fingerprint density at radius 1 is 0.941 bits per heavy atom. The van der Waals surface area contributed by atoms with Gasteiger partial charge in [-0.15, -0.1) is 0 Å². The molecule has 2 heterocycles. The highest BCUT2D eigenvalue weighted by Gasteiger charge is 2.31. The number of thioether (sulfide) groups is 1. The second-order valence-electron chi connectivity index (χ2n) is 8.45. The van der Waals surface area contributed by atoms with Gasteiger partial charge in [-0.05, 0) is 34.9 Å². The number of benzene rings is 3. The molecule has 5 heteroatoms. The van der Waals surface area contributed by atoms with Gasteiger partial charge in [0.05, 0.1) is 18.0 Å². The number of hydrogen-bond acceptors (Lipinski definition) is 4. The summed E-state index contributed by atoms with van der Waals surface area (Å²) < 4.78 is 6.39. The minimum Gasteiger partial charge on any atom is -0.374 e. The number of ether oxygens (including phenoxy) is 1. The van der Waals surface area contributed by atoms with E-state index in [1.54, 1.807) is 11.8 Å². The molecule has 0 spiro atoms. The molecular formula is C29H27ClN2OS. The summed E-state index contributed by atoms with van der Waals surface area (Å²) in [5.41, 5.74) is 4.75. The van der Waals surface area contributed by atoms with Crippen molar-refractivity contribution >= 4 is 23.4 Å². The van der Waals surface area contributed by atoms with E-state index in [2.05, 4.69) is 77.7 Å². The normalized spacial score (nSPS) is 17.4. The van der Waals surface area contributed by atoms with Crippen LogP contribution in [0.5, 0.6) is 0 Å². The summed E-state index contributed by atoms with van der Waals surface area (Å²) in [7, 11) is 0. The van der Waals surface area contributed by atoms with E-state index in [0.29, 0.717) is 0 Å². The smallest absolute Gasteiger partial charge is 0.104 e. The lowest BCUT2D eigenvalue weighted by molar-refractivity contribution is -0.0320. The van der Waals surface area contributed by atoms with Crippen LogP contribution >= 0.6 is 23.4 Å². The first kappa shape index (κ1) is 23.1. The molecule has 0 N–H and O–H groups in total. The van der Waals surface area contributed by atoms with Gasteiger partial charge in [0.25, 0.3) is 0 Å². The summed E-state index contributed by atoms with van der Waals surface area (Å²) >= 11 is 8.08. The first-order chi connectivity index (χ1) is 16.8. The fourth-order valence-corrected chi connectivity index (χ4v) is 5.86. The zero-order valence-electron chi connectivity index (χ0n) is 18.9. The number of nitrogens with zero attached hydrogens (tertiary/aromatic N) is 2. The van der Waals surface area contributed by atoms with Crippen LogP contribution in [-0.2, 0) is 11.3 Å². The van der Waals surface area contributed by atoms with Crippen molar-refractivity contribution in [3.63, 3.8) is 0 Å². The van der Waals surface area contributed by atoms with Crippen LogP contribution in [0.2, 0.25) is 5.02 Å². The summed E-state index contributed by atoms with van der Waals surface area (Å²) in [4.78, 5) is 7.28. The van der Waals surface area contributed by atoms with Crippen molar-refractivity contribution in [1.82, 2.24) is 9.88 Å². The standard InChI is InChI=1S/C29H27ClN2OS/c30-25-14-7-13-24(19-25)26-15-8-16-31-29(26)34-28(23-11-5-2-6-12-23)27-21-32(17-18-33-27)20-22-9-3-1-4-10-22/h1-16,19,27-28H,17-18,20-21H2/t27?,28-/m0/s1. The van der Waals surface area contributed by atoms with Gasteiger partial charge >= 0.3 is 0 Å². The number of morpholine rings is 1. The van der Waals surface area contributed by atoms with E-state index in [1.165, 1.54) is 11.1 Å². The average Bonchev–Trinajstić information content (AvgIpc) is 2.89. The molecule has 3 aromatic carbocycles. The number of aromatic nitrogens is 1. The van der Waals surface area contributed by atoms with Crippen molar-refractivity contribution in [2.45, 2.75) is 22.9 Å². The average molecular weight is 487 g/mol. The van der Waals surface area contributed by atoms with Gasteiger partial charge in [0.2, 0.25) is 0 Å². The number of pyridine rings is 1. The molecule has 1 aliphatic rings. The summed E-state index contributed by atoms with van der Waals surface area (Å²) in [5, 5.41) is 1.83. The molecule has 0 amide bonds. The lowest BCUT2D eigenvalue weighted by atomic mass is 10.1. The Labute approximate surface area is 210 Å². The molecule has 1 unspecified atom stereocenters. The molecule has 1 saturated heterocycles. The Balaban J connectivity index is 1.43. The molecular weight excluding hydrogens is 460 g/mol. The van der Waals surface area contributed by atoms with Crippen LogP contribution < -0.4 is 0 Å². The van der Waals surface area contributed by atoms with Gasteiger partial charge in [-0.3, -0.25) is 4.90 Å². The van der Waals surface area contributed by atoms with Crippen molar-refractivity contribution < 1.29 is 4.74 Å². The zero-order valence-corrected chi connectivity index (χ0v) is 20.5. The van der Waals surface area contributed by atoms with E-state index >= 15 is 0 Å². The van der Waals surface area contributed by atoms with Crippen LogP contribution in [0, 0.1) is 0 Å². The van der Waals surface area contributed by atoms with E-state index in [-0.39, 0.29) is 11.4 Å². The van der Waals surface area contributed by atoms with E-state index < -0.39 is 0 Å². The zero-order chi connectivity index (χ0) is 23.2. The molecule has 4 aromatic rings. The van der Waals surface area contributed by atoms with Gasteiger partial charge < -0.3 is 4.74 Å². The number of rotatable bonds is 7. The van der Waals surface area contributed by atoms with Crippen LogP contribution in [0.1, 0.15) is 16.4 Å². The highest BCUT2D eigenvalue weighted by molar-refractivity contribution is 7.99. The largest absolute Gasteiger partial charge is 0.374 e. The van der Waals surface area contributed by atoms with Crippen LogP contribution in [0.4, 0.5) is 0 Å². The lowest BCUT2D eigenvalue weighted by Gasteiger charge is -2.37. The Bertz CT molecular complexity index is 1200. The predicted molar refractivity (Wildman–Crippen MR) is 141 cm³/mol.